The Bertz CT molecular complexity index is 343. The van der Waals surface area contributed by atoms with E-state index in [2.05, 4.69) is 31.0 Å². The van der Waals surface area contributed by atoms with E-state index in [4.69, 9.17) is 11.1 Å². The van der Waals surface area contributed by atoms with Gasteiger partial charge in [-0.05, 0) is 31.5 Å². The van der Waals surface area contributed by atoms with Crippen LogP contribution in [0, 0.1) is 19.3 Å². The Labute approximate surface area is 95.0 Å². The molecule has 0 aliphatic rings. The molecule has 0 amide bonds. The molecule has 0 aromatic carbocycles. The van der Waals surface area contributed by atoms with Gasteiger partial charge in [-0.25, -0.2) is 4.98 Å². The quantitative estimate of drug-likeness (QED) is 0.468. The van der Waals surface area contributed by atoms with Gasteiger partial charge in [0, 0.05) is 17.4 Å². The number of rotatable bonds is 4. The van der Waals surface area contributed by atoms with Gasteiger partial charge in [0.15, 0.2) is 0 Å². The third-order valence-electron chi connectivity index (χ3n) is 1.90. The Kier molecular flexibility index (Phi) is 4.15. The molecule has 0 aliphatic carbocycles. The van der Waals surface area contributed by atoms with Crippen LogP contribution < -0.4 is 5.73 Å². The molecule has 3 N–H and O–H groups in total. The Morgan fingerprint density at radius 2 is 2.20 bits per heavy atom. The first-order valence-electron chi connectivity index (χ1n) is 4.92. The second kappa shape index (κ2) is 5.16. The van der Waals surface area contributed by atoms with Crippen molar-refractivity contribution >= 4 is 17.6 Å². The average molecular weight is 223 g/mol. The van der Waals surface area contributed by atoms with E-state index in [0.717, 1.165) is 10.7 Å². The monoisotopic (exact) mass is 223 g/mol. The largest absolute Gasteiger partial charge is 0.388 e. The lowest BCUT2D eigenvalue weighted by molar-refractivity contribution is 0.976. The summed E-state index contributed by atoms with van der Waals surface area (Å²) in [4.78, 5) is 4.43. The van der Waals surface area contributed by atoms with E-state index in [0.29, 0.717) is 11.7 Å². The van der Waals surface area contributed by atoms with Crippen LogP contribution in [0.3, 0.4) is 0 Å². The van der Waals surface area contributed by atoms with Gasteiger partial charge >= 0.3 is 0 Å². The SMILES string of the molecule is Cc1cc(C)nc(SC(C)CC(=N)N)c1. The Balaban J connectivity index is 2.67. The molecule has 1 rings (SSSR count). The van der Waals surface area contributed by atoms with Gasteiger partial charge in [0.1, 0.15) is 0 Å². The van der Waals surface area contributed by atoms with Gasteiger partial charge in [-0.1, -0.05) is 6.92 Å². The molecular formula is C11H17N3S. The highest BCUT2D eigenvalue weighted by molar-refractivity contribution is 7.99. The lowest BCUT2D eigenvalue weighted by Gasteiger charge is -2.10. The molecule has 0 bridgehead atoms. The molecule has 0 saturated heterocycles. The van der Waals surface area contributed by atoms with E-state index in [9.17, 15) is 0 Å². The van der Waals surface area contributed by atoms with E-state index in [1.807, 2.05) is 6.92 Å². The fourth-order valence-electron chi connectivity index (χ4n) is 1.42. The Morgan fingerprint density at radius 1 is 1.53 bits per heavy atom. The first-order valence-corrected chi connectivity index (χ1v) is 5.80. The molecule has 0 spiro atoms. The fourth-order valence-corrected chi connectivity index (χ4v) is 2.55. The van der Waals surface area contributed by atoms with Crippen molar-refractivity contribution in [2.75, 3.05) is 0 Å². The van der Waals surface area contributed by atoms with E-state index in [1.54, 1.807) is 11.8 Å². The Hall–Kier alpha value is -1.03. The summed E-state index contributed by atoms with van der Waals surface area (Å²) in [5.41, 5.74) is 7.61. The second-order valence-electron chi connectivity index (χ2n) is 3.78. The first kappa shape index (κ1) is 12.0. The highest BCUT2D eigenvalue weighted by atomic mass is 32.2. The van der Waals surface area contributed by atoms with Crippen molar-refractivity contribution in [3.05, 3.63) is 23.4 Å². The van der Waals surface area contributed by atoms with Crippen LogP contribution in [0.2, 0.25) is 0 Å². The number of amidine groups is 1. The van der Waals surface area contributed by atoms with E-state index in [-0.39, 0.29) is 5.84 Å². The molecule has 82 valence electrons. The summed E-state index contributed by atoms with van der Waals surface area (Å²) in [5, 5.41) is 8.54. The molecule has 0 saturated carbocycles. The van der Waals surface area contributed by atoms with Crippen LogP contribution in [0.25, 0.3) is 0 Å². The minimum atomic E-state index is 0.236. The smallest absolute Gasteiger partial charge is 0.0968 e. The van der Waals surface area contributed by atoms with Crippen LogP contribution in [0.15, 0.2) is 17.2 Å². The molecule has 4 heteroatoms. The highest BCUT2D eigenvalue weighted by Gasteiger charge is 2.07. The summed E-state index contributed by atoms with van der Waals surface area (Å²) in [6.07, 6.45) is 0.610. The van der Waals surface area contributed by atoms with Crippen LogP contribution >= 0.6 is 11.8 Å². The summed E-state index contributed by atoms with van der Waals surface area (Å²) in [6.45, 7) is 6.12. The molecule has 15 heavy (non-hydrogen) atoms. The van der Waals surface area contributed by atoms with Crippen LogP contribution in [0.1, 0.15) is 24.6 Å². The third-order valence-corrected chi connectivity index (χ3v) is 2.92. The van der Waals surface area contributed by atoms with Gasteiger partial charge in [0.25, 0.3) is 0 Å². The molecular weight excluding hydrogens is 206 g/mol. The van der Waals surface area contributed by atoms with E-state index in [1.165, 1.54) is 5.56 Å². The van der Waals surface area contributed by atoms with Crippen molar-refractivity contribution in [2.24, 2.45) is 5.73 Å². The maximum absolute atomic E-state index is 7.22. The van der Waals surface area contributed by atoms with E-state index >= 15 is 0 Å². The molecule has 1 atom stereocenters. The lowest BCUT2D eigenvalue weighted by Crippen LogP contribution is -2.15. The van der Waals surface area contributed by atoms with Crippen molar-refractivity contribution in [1.82, 2.24) is 4.98 Å². The molecule has 3 nitrogen and oxygen atoms in total. The molecule has 1 unspecified atom stereocenters. The van der Waals surface area contributed by atoms with Crippen LogP contribution in [0.5, 0.6) is 0 Å². The zero-order valence-electron chi connectivity index (χ0n) is 9.37. The number of aromatic nitrogens is 1. The van der Waals surface area contributed by atoms with Gasteiger partial charge in [-0.15, -0.1) is 11.8 Å². The summed E-state index contributed by atoms with van der Waals surface area (Å²) in [5.74, 6) is 0.236. The summed E-state index contributed by atoms with van der Waals surface area (Å²) < 4.78 is 0. The predicted octanol–water partition coefficient (Wildman–Crippen LogP) is 2.51. The topological polar surface area (TPSA) is 62.8 Å². The van der Waals surface area contributed by atoms with Gasteiger partial charge in [-0.3, -0.25) is 5.41 Å². The van der Waals surface area contributed by atoms with Crippen molar-refractivity contribution in [3.8, 4) is 0 Å². The number of nitrogens with two attached hydrogens (primary N) is 1. The standard InChI is InChI=1S/C11H17N3S/c1-7-4-8(2)14-11(5-7)15-9(3)6-10(12)13/h4-5,9H,6H2,1-3H3,(H3,12,13). The van der Waals surface area contributed by atoms with Gasteiger partial charge in [0.2, 0.25) is 0 Å². The first-order chi connectivity index (χ1) is 6.97. The minimum absolute atomic E-state index is 0.236. The fraction of sp³-hybridized carbons (Fsp3) is 0.455. The molecule has 0 aliphatic heterocycles. The van der Waals surface area contributed by atoms with Crippen LogP contribution in [-0.4, -0.2) is 16.1 Å². The lowest BCUT2D eigenvalue weighted by atomic mass is 10.3. The minimum Gasteiger partial charge on any atom is -0.388 e. The zero-order chi connectivity index (χ0) is 11.4. The highest BCUT2D eigenvalue weighted by Crippen LogP contribution is 2.24. The normalized spacial score (nSPS) is 12.5. The number of nitrogens with zero attached hydrogens (tertiary/aromatic N) is 1. The van der Waals surface area contributed by atoms with Crippen molar-refractivity contribution in [2.45, 2.75) is 37.5 Å². The summed E-state index contributed by atoms with van der Waals surface area (Å²) in [6, 6.07) is 4.12. The molecule has 1 aromatic rings. The average Bonchev–Trinajstić information content (AvgIpc) is 1.98. The van der Waals surface area contributed by atoms with E-state index < -0.39 is 0 Å². The van der Waals surface area contributed by atoms with Gasteiger partial charge in [0.05, 0.1) is 10.9 Å². The number of hydrogen-bond acceptors (Lipinski definition) is 3. The number of pyridine rings is 1. The van der Waals surface area contributed by atoms with Crippen molar-refractivity contribution < 1.29 is 0 Å². The number of nitrogens with one attached hydrogen (secondary N) is 1. The molecule has 0 fully saturated rings. The van der Waals surface area contributed by atoms with Gasteiger partial charge in [-0.2, -0.15) is 0 Å². The Morgan fingerprint density at radius 3 is 2.73 bits per heavy atom. The van der Waals surface area contributed by atoms with Crippen molar-refractivity contribution in [1.29, 1.82) is 5.41 Å². The number of aryl methyl sites for hydroxylation is 2. The van der Waals surface area contributed by atoms with Crippen LogP contribution in [0.4, 0.5) is 0 Å². The maximum atomic E-state index is 7.22. The maximum Gasteiger partial charge on any atom is 0.0968 e. The second-order valence-corrected chi connectivity index (χ2v) is 5.24. The number of hydrogen-bond donors (Lipinski definition) is 2. The third kappa shape index (κ3) is 4.34. The van der Waals surface area contributed by atoms with Crippen molar-refractivity contribution in [3.63, 3.8) is 0 Å². The zero-order valence-corrected chi connectivity index (χ0v) is 10.2. The van der Waals surface area contributed by atoms with Gasteiger partial charge < -0.3 is 5.73 Å². The summed E-state index contributed by atoms with van der Waals surface area (Å²) in [7, 11) is 0. The summed E-state index contributed by atoms with van der Waals surface area (Å²) >= 11 is 1.67. The number of thioether (sulfide) groups is 1. The van der Waals surface area contributed by atoms with Crippen LogP contribution in [-0.2, 0) is 0 Å². The molecule has 1 aromatic heterocycles. The molecule has 1 heterocycles. The molecule has 0 radical (unpaired) electrons. The predicted molar refractivity (Wildman–Crippen MR) is 65.6 cm³/mol.